The lowest BCUT2D eigenvalue weighted by Crippen LogP contribution is -2.19. The first-order valence-corrected chi connectivity index (χ1v) is 10.4. The van der Waals surface area contributed by atoms with Gasteiger partial charge in [0, 0.05) is 10.0 Å². The summed E-state index contributed by atoms with van der Waals surface area (Å²) in [7, 11) is 1.52. The van der Waals surface area contributed by atoms with E-state index in [2.05, 4.69) is 10.5 Å². The molecule has 0 saturated carbocycles. The van der Waals surface area contributed by atoms with Crippen molar-refractivity contribution in [3.05, 3.63) is 92.4 Å². The first-order valence-electron chi connectivity index (χ1n) is 9.25. The molecule has 3 rings (SSSR count). The summed E-state index contributed by atoms with van der Waals surface area (Å²) in [6.07, 6.45) is 1.67. The van der Waals surface area contributed by atoms with Crippen LogP contribution < -0.4 is 14.9 Å². The summed E-state index contributed by atoms with van der Waals surface area (Å²) in [6, 6.07) is 17.8. The number of amides is 1. The smallest absolute Gasteiger partial charge is 0.244 e. The van der Waals surface area contributed by atoms with Gasteiger partial charge in [0.25, 0.3) is 0 Å². The monoisotopic (exact) mass is 476 g/mol. The maximum atomic E-state index is 12.0. The van der Waals surface area contributed by atoms with Gasteiger partial charge in [-0.3, -0.25) is 4.79 Å². The summed E-state index contributed by atoms with van der Waals surface area (Å²) in [5, 5.41) is 5.62. The molecule has 0 saturated heterocycles. The van der Waals surface area contributed by atoms with E-state index in [9.17, 15) is 4.79 Å². The third kappa shape index (κ3) is 6.89. The molecule has 0 fully saturated rings. The number of hydrazone groups is 1. The van der Waals surface area contributed by atoms with Crippen LogP contribution in [0.2, 0.25) is 15.1 Å². The highest BCUT2D eigenvalue weighted by atomic mass is 35.5. The SMILES string of the molecule is COc1cc(/C=N\NC(=O)Cc2ccc(Cl)cc2)cc(Cl)c1OCc1ccc(Cl)cc1. The van der Waals surface area contributed by atoms with Crippen molar-refractivity contribution in [1.29, 1.82) is 0 Å². The molecule has 0 bridgehead atoms. The summed E-state index contributed by atoms with van der Waals surface area (Å²) >= 11 is 18.1. The zero-order chi connectivity index (χ0) is 22.2. The number of carbonyl (C=O) groups excluding carboxylic acids is 1. The normalized spacial score (nSPS) is 10.8. The number of carbonyl (C=O) groups is 1. The van der Waals surface area contributed by atoms with Crippen molar-refractivity contribution in [3.63, 3.8) is 0 Å². The van der Waals surface area contributed by atoms with Gasteiger partial charge >= 0.3 is 0 Å². The van der Waals surface area contributed by atoms with Crippen molar-refractivity contribution < 1.29 is 14.3 Å². The standard InChI is InChI=1S/C23H19Cl3N2O3/c1-30-21-11-17(13-27-28-22(29)12-15-2-6-18(24)7-3-15)10-20(26)23(21)31-14-16-4-8-19(25)9-5-16/h2-11,13H,12,14H2,1H3,(H,28,29)/b27-13-. The Morgan fingerprint density at radius 3 is 2.19 bits per heavy atom. The van der Waals surface area contributed by atoms with Crippen molar-refractivity contribution in [3.8, 4) is 11.5 Å². The molecule has 1 N–H and O–H groups in total. The van der Waals surface area contributed by atoms with Crippen LogP contribution >= 0.6 is 34.8 Å². The largest absolute Gasteiger partial charge is 0.493 e. The molecule has 3 aromatic carbocycles. The number of rotatable bonds is 8. The third-order valence-electron chi connectivity index (χ3n) is 4.23. The van der Waals surface area contributed by atoms with E-state index >= 15 is 0 Å². The predicted molar refractivity (Wildman–Crippen MR) is 125 cm³/mol. The van der Waals surface area contributed by atoms with Crippen molar-refractivity contribution >= 4 is 46.9 Å². The van der Waals surface area contributed by atoms with Gasteiger partial charge in [0.15, 0.2) is 11.5 Å². The number of methoxy groups -OCH3 is 1. The maximum absolute atomic E-state index is 12.0. The number of hydrogen-bond donors (Lipinski definition) is 1. The van der Waals surface area contributed by atoms with E-state index < -0.39 is 0 Å². The first kappa shape index (κ1) is 22.9. The number of halogens is 3. The first-order chi connectivity index (χ1) is 14.9. The molecule has 3 aromatic rings. The fraction of sp³-hybridized carbons (Fsp3) is 0.130. The molecular weight excluding hydrogens is 459 g/mol. The van der Waals surface area contributed by atoms with Crippen LogP contribution in [-0.2, 0) is 17.8 Å². The van der Waals surface area contributed by atoms with E-state index in [-0.39, 0.29) is 12.3 Å². The van der Waals surface area contributed by atoms with Gasteiger partial charge in [-0.25, -0.2) is 5.43 Å². The highest BCUT2D eigenvalue weighted by Crippen LogP contribution is 2.36. The molecule has 0 aliphatic heterocycles. The average molecular weight is 478 g/mol. The lowest BCUT2D eigenvalue weighted by atomic mass is 10.1. The van der Waals surface area contributed by atoms with Crippen LogP contribution in [0.5, 0.6) is 11.5 Å². The van der Waals surface area contributed by atoms with Crippen LogP contribution in [0.25, 0.3) is 0 Å². The quantitative estimate of drug-likeness (QED) is 0.323. The number of nitrogens with zero attached hydrogens (tertiary/aromatic N) is 1. The minimum Gasteiger partial charge on any atom is -0.493 e. The average Bonchev–Trinajstić information content (AvgIpc) is 2.75. The molecule has 0 radical (unpaired) electrons. The van der Waals surface area contributed by atoms with E-state index in [1.807, 2.05) is 12.1 Å². The molecule has 31 heavy (non-hydrogen) atoms. The van der Waals surface area contributed by atoms with Crippen molar-refractivity contribution in [2.24, 2.45) is 5.10 Å². The van der Waals surface area contributed by atoms with Gasteiger partial charge in [-0.2, -0.15) is 5.10 Å². The lowest BCUT2D eigenvalue weighted by Gasteiger charge is -2.13. The zero-order valence-corrected chi connectivity index (χ0v) is 18.8. The summed E-state index contributed by atoms with van der Waals surface area (Å²) in [5.41, 5.74) is 4.91. The number of hydrogen-bond acceptors (Lipinski definition) is 4. The van der Waals surface area contributed by atoms with Gasteiger partial charge in [0.05, 0.1) is 24.8 Å². The van der Waals surface area contributed by atoms with E-state index in [4.69, 9.17) is 44.3 Å². The van der Waals surface area contributed by atoms with Gasteiger partial charge in [-0.05, 0) is 53.1 Å². The second kappa shape index (κ2) is 11.0. The van der Waals surface area contributed by atoms with Crippen LogP contribution in [0.4, 0.5) is 0 Å². The highest BCUT2D eigenvalue weighted by Gasteiger charge is 2.12. The summed E-state index contributed by atoms with van der Waals surface area (Å²) < 4.78 is 11.2. The minimum absolute atomic E-state index is 0.191. The van der Waals surface area contributed by atoms with E-state index in [1.165, 1.54) is 13.3 Å². The Kier molecular flexibility index (Phi) is 8.18. The van der Waals surface area contributed by atoms with Crippen LogP contribution in [0.3, 0.4) is 0 Å². The Hall–Kier alpha value is -2.73. The molecule has 8 heteroatoms. The maximum Gasteiger partial charge on any atom is 0.244 e. The second-order valence-corrected chi connectivity index (χ2v) is 7.83. The molecule has 160 valence electrons. The molecule has 0 spiro atoms. The molecule has 0 heterocycles. The summed E-state index contributed by atoms with van der Waals surface area (Å²) in [5.74, 6) is 0.623. The molecule has 0 aliphatic rings. The highest BCUT2D eigenvalue weighted by molar-refractivity contribution is 6.32. The molecule has 0 aliphatic carbocycles. The number of nitrogens with one attached hydrogen (secondary N) is 1. The molecule has 1 amide bonds. The predicted octanol–water partition coefficient (Wildman–Crippen LogP) is 5.93. The Morgan fingerprint density at radius 1 is 0.968 bits per heavy atom. The van der Waals surface area contributed by atoms with Gasteiger partial charge in [0.1, 0.15) is 6.61 Å². The fourth-order valence-electron chi connectivity index (χ4n) is 2.70. The minimum atomic E-state index is -0.250. The summed E-state index contributed by atoms with van der Waals surface area (Å²) in [6.45, 7) is 0.307. The van der Waals surface area contributed by atoms with Gasteiger partial charge in [-0.15, -0.1) is 0 Å². The zero-order valence-electron chi connectivity index (χ0n) is 16.6. The molecule has 0 aromatic heterocycles. The summed E-state index contributed by atoms with van der Waals surface area (Å²) in [4.78, 5) is 12.0. The van der Waals surface area contributed by atoms with Crippen LogP contribution in [-0.4, -0.2) is 19.2 Å². The van der Waals surface area contributed by atoms with Gasteiger partial charge in [0.2, 0.25) is 5.91 Å². The fourth-order valence-corrected chi connectivity index (χ4v) is 3.22. The Labute approximate surface area is 195 Å². The Bertz CT molecular complexity index is 1070. The van der Waals surface area contributed by atoms with E-state index in [1.54, 1.807) is 48.5 Å². The van der Waals surface area contributed by atoms with Crippen LogP contribution in [0.1, 0.15) is 16.7 Å². The number of ether oxygens (including phenoxy) is 2. The number of benzene rings is 3. The van der Waals surface area contributed by atoms with Crippen LogP contribution in [0, 0.1) is 0 Å². The molecule has 0 atom stereocenters. The molecular formula is C23H19Cl3N2O3. The van der Waals surface area contributed by atoms with Crippen molar-refractivity contribution in [2.45, 2.75) is 13.0 Å². The van der Waals surface area contributed by atoms with Crippen LogP contribution in [0.15, 0.2) is 65.8 Å². The van der Waals surface area contributed by atoms with Crippen molar-refractivity contribution in [2.75, 3.05) is 7.11 Å². The van der Waals surface area contributed by atoms with Gasteiger partial charge in [-0.1, -0.05) is 59.1 Å². The Balaban J connectivity index is 1.62. The Morgan fingerprint density at radius 2 is 1.58 bits per heavy atom. The molecule has 0 unspecified atom stereocenters. The third-order valence-corrected chi connectivity index (χ3v) is 5.01. The van der Waals surface area contributed by atoms with Gasteiger partial charge < -0.3 is 9.47 Å². The van der Waals surface area contributed by atoms with E-state index in [0.717, 1.165) is 11.1 Å². The molecule has 5 nitrogen and oxygen atoms in total. The second-order valence-electron chi connectivity index (χ2n) is 6.55. The van der Waals surface area contributed by atoms with E-state index in [0.29, 0.717) is 38.7 Å². The topological polar surface area (TPSA) is 59.9 Å². The lowest BCUT2D eigenvalue weighted by molar-refractivity contribution is -0.120. The van der Waals surface area contributed by atoms with Crippen molar-refractivity contribution in [1.82, 2.24) is 5.43 Å².